The first-order valence-electron chi connectivity index (χ1n) is 11.3. The highest BCUT2D eigenvalue weighted by Crippen LogP contribution is 2.48. The van der Waals surface area contributed by atoms with Crippen LogP contribution in [0.3, 0.4) is 0 Å². The number of anilines is 1. The van der Waals surface area contributed by atoms with E-state index in [1.54, 1.807) is 32.0 Å². The molecule has 0 bridgehead atoms. The summed E-state index contributed by atoms with van der Waals surface area (Å²) in [7, 11) is -4.47. The van der Waals surface area contributed by atoms with E-state index in [2.05, 4.69) is 20.1 Å². The average Bonchev–Trinajstić information content (AvgIpc) is 3.09. The summed E-state index contributed by atoms with van der Waals surface area (Å²) in [6.07, 6.45) is -4.65. The van der Waals surface area contributed by atoms with Gasteiger partial charge >= 0.3 is 19.4 Å². The number of aliphatic hydroxyl groups is 2. The molecule has 0 aliphatic carbocycles. The molecule has 1 fully saturated rings. The number of nitrogens with two attached hydrogens (primary N) is 1. The standard InChI is InChI=1S/C21H28N7O9P/c1-12(2)35-19(31)13(3)25-38(33,37-14-7-5-4-6-8-14)34-11-21(26-27-23)17(30)16(29)18(36-21)28-10-9-15(22)24-20(28)32/h4-10,12-13,16-18,29-30H,11H2,1-3H3,(H,25,33)(H2,22,24,32)/t13-,16+,17-,18+,21?,38?/m0/s1. The monoisotopic (exact) mass is 553 g/mol. The molecule has 206 valence electrons. The maximum absolute atomic E-state index is 13.7. The zero-order valence-corrected chi connectivity index (χ0v) is 21.5. The Morgan fingerprint density at radius 1 is 1.34 bits per heavy atom. The van der Waals surface area contributed by atoms with Gasteiger partial charge in [0.1, 0.15) is 29.8 Å². The Hall–Kier alpha value is -3.49. The van der Waals surface area contributed by atoms with E-state index >= 15 is 0 Å². The highest BCUT2D eigenvalue weighted by atomic mass is 31.2. The van der Waals surface area contributed by atoms with Crippen molar-refractivity contribution in [2.45, 2.75) is 57.1 Å². The lowest BCUT2D eigenvalue weighted by molar-refractivity contribution is -0.149. The third-order valence-electron chi connectivity index (χ3n) is 5.21. The molecule has 0 spiro atoms. The number of nitrogen functional groups attached to an aromatic ring is 1. The van der Waals surface area contributed by atoms with Crippen molar-refractivity contribution in [3.8, 4) is 5.75 Å². The van der Waals surface area contributed by atoms with E-state index in [4.69, 9.17) is 29.8 Å². The van der Waals surface area contributed by atoms with Gasteiger partial charge in [-0.05, 0) is 44.5 Å². The summed E-state index contributed by atoms with van der Waals surface area (Å²) in [5, 5.41) is 27.3. The fraction of sp³-hybridized carbons (Fsp3) is 0.476. The second-order valence-electron chi connectivity index (χ2n) is 8.53. The Balaban J connectivity index is 1.90. The first-order chi connectivity index (χ1) is 17.9. The molecule has 3 rings (SSSR count). The van der Waals surface area contributed by atoms with Crippen molar-refractivity contribution < 1.29 is 38.1 Å². The Morgan fingerprint density at radius 2 is 2.03 bits per heavy atom. The molecule has 1 aliphatic rings. The third kappa shape index (κ3) is 6.68. The van der Waals surface area contributed by atoms with Gasteiger partial charge in [-0.2, -0.15) is 10.1 Å². The zero-order valence-electron chi connectivity index (χ0n) is 20.6. The maximum atomic E-state index is 13.7. The van der Waals surface area contributed by atoms with Gasteiger partial charge in [-0.15, -0.1) is 0 Å². The number of nitrogens with zero attached hydrogens (tertiary/aromatic N) is 5. The number of para-hydroxylation sites is 1. The molecule has 1 aliphatic heterocycles. The Morgan fingerprint density at radius 3 is 2.63 bits per heavy atom. The number of azide groups is 1. The number of nitrogens with one attached hydrogen (secondary N) is 1. The van der Waals surface area contributed by atoms with Gasteiger partial charge in [-0.1, -0.05) is 23.3 Å². The van der Waals surface area contributed by atoms with E-state index in [0.29, 0.717) is 0 Å². The summed E-state index contributed by atoms with van der Waals surface area (Å²) >= 11 is 0. The minimum absolute atomic E-state index is 0.0934. The van der Waals surface area contributed by atoms with Crippen LogP contribution in [-0.4, -0.2) is 62.4 Å². The molecule has 0 radical (unpaired) electrons. The molecule has 2 aromatic rings. The number of ether oxygens (including phenoxy) is 2. The number of carbonyl (C=O) groups is 1. The predicted molar refractivity (Wildman–Crippen MR) is 131 cm³/mol. The van der Waals surface area contributed by atoms with Crippen LogP contribution in [0.25, 0.3) is 10.4 Å². The molecule has 1 saturated heterocycles. The molecule has 16 nitrogen and oxygen atoms in total. The molecule has 38 heavy (non-hydrogen) atoms. The number of hydrogen-bond donors (Lipinski definition) is 4. The summed E-state index contributed by atoms with van der Waals surface area (Å²) in [6, 6.07) is 7.88. The summed E-state index contributed by atoms with van der Waals surface area (Å²) in [6.45, 7) is 3.69. The van der Waals surface area contributed by atoms with Crippen LogP contribution in [0.2, 0.25) is 0 Å². The van der Waals surface area contributed by atoms with Crippen molar-refractivity contribution in [1.82, 2.24) is 14.6 Å². The van der Waals surface area contributed by atoms with Crippen molar-refractivity contribution in [3.05, 3.63) is 63.5 Å². The van der Waals surface area contributed by atoms with Gasteiger partial charge in [-0.25, -0.2) is 9.36 Å². The Kier molecular flexibility index (Phi) is 9.12. The normalized spacial score (nSPS) is 25.3. The van der Waals surface area contributed by atoms with Gasteiger partial charge in [0.25, 0.3) is 0 Å². The highest BCUT2D eigenvalue weighted by molar-refractivity contribution is 7.52. The summed E-state index contributed by atoms with van der Waals surface area (Å²) in [5.41, 5.74) is 11.4. The van der Waals surface area contributed by atoms with Gasteiger partial charge in [-0.3, -0.25) is 13.9 Å². The molecule has 1 aromatic heterocycles. The summed E-state index contributed by atoms with van der Waals surface area (Å²) in [4.78, 5) is 30.8. The van der Waals surface area contributed by atoms with E-state index < -0.39 is 62.3 Å². The number of benzene rings is 1. The van der Waals surface area contributed by atoms with E-state index in [1.165, 1.54) is 25.1 Å². The molecule has 5 N–H and O–H groups in total. The van der Waals surface area contributed by atoms with Crippen LogP contribution in [0, 0.1) is 0 Å². The van der Waals surface area contributed by atoms with Crippen LogP contribution >= 0.6 is 7.75 Å². The third-order valence-corrected chi connectivity index (χ3v) is 6.83. The van der Waals surface area contributed by atoms with Gasteiger partial charge in [0.2, 0.25) is 5.72 Å². The number of carbonyl (C=O) groups excluding carboxylic acids is 1. The lowest BCUT2D eigenvalue weighted by atomic mass is 10.1. The van der Waals surface area contributed by atoms with Gasteiger partial charge in [0, 0.05) is 11.1 Å². The summed E-state index contributed by atoms with van der Waals surface area (Å²) < 4.78 is 36.3. The molecule has 0 saturated carbocycles. The van der Waals surface area contributed by atoms with Gasteiger partial charge in [0.05, 0.1) is 12.7 Å². The average molecular weight is 553 g/mol. The minimum Gasteiger partial charge on any atom is -0.462 e. The van der Waals surface area contributed by atoms with E-state index in [-0.39, 0.29) is 11.6 Å². The van der Waals surface area contributed by atoms with Crippen LogP contribution in [0.4, 0.5) is 5.82 Å². The number of hydrogen-bond acceptors (Lipinski definition) is 12. The van der Waals surface area contributed by atoms with E-state index in [0.717, 1.165) is 10.8 Å². The van der Waals surface area contributed by atoms with Crippen LogP contribution in [0.5, 0.6) is 5.75 Å². The second-order valence-corrected chi connectivity index (χ2v) is 10.2. The molecule has 1 aromatic carbocycles. The molecule has 2 unspecified atom stereocenters. The van der Waals surface area contributed by atoms with Crippen molar-refractivity contribution in [3.63, 3.8) is 0 Å². The van der Waals surface area contributed by atoms with E-state index in [1.807, 2.05) is 0 Å². The van der Waals surface area contributed by atoms with Crippen LogP contribution in [0.15, 0.2) is 52.5 Å². The second kappa shape index (κ2) is 11.9. The quantitative estimate of drug-likeness (QED) is 0.101. The van der Waals surface area contributed by atoms with Crippen molar-refractivity contribution in [2.75, 3.05) is 12.3 Å². The molecular weight excluding hydrogens is 525 g/mol. The van der Waals surface area contributed by atoms with Crippen molar-refractivity contribution in [2.24, 2.45) is 5.11 Å². The highest BCUT2D eigenvalue weighted by Gasteiger charge is 2.56. The number of aromatic nitrogens is 2. The lowest BCUT2D eigenvalue weighted by Gasteiger charge is -2.29. The van der Waals surface area contributed by atoms with Crippen molar-refractivity contribution in [1.29, 1.82) is 0 Å². The minimum atomic E-state index is -4.47. The smallest absolute Gasteiger partial charge is 0.459 e. The molecular formula is C21H28N7O9P. The number of rotatable bonds is 11. The molecule has 6 atom stereocenters. The van der Waals surface area contributed by atoms with Crippen LogP contribution in [-0.2, 0) is 23.4 Å². The molecule has 0 amide bonds. The first kappa shape index (κ1) is 29.1. The topological polar surface area (TPSA) is 233 Å². The van der Waals surface area contributed by atoms with E-state index in [9.17, 15) is 24.4 Å². The number of aliphatic hydroxyl groups excluding tert-OH is 2. The Labute approximate surface area is 216 Å². The lowest BCUT2D eigenvalue weighted by Crippen LogP contribution is -2.45. The maximum Gasteiger partial charge on any atom is 0.459 e. The fourth-order valence-corrected chi connectivity index (χ4v) is 4.94. The van der Waals surface area contributed by atoms with Gasteiger partial charge in [0.15, 0.2) is 6.23 Å². The largest absolute Gasteiger partial charge is 0.462 e. The zero-order chi connectivity index (χ0) is 28.1. The SMILES string of the molecule is CC(C)OC(=O)[C@H](C)NP(=O)(OCC1(N=[N+]=[N-])O[C@@H](n2ccc(N)nc2=O)[C@H](O)[C@@H]1O)Oc1ccccc1. The van der Waals surface area contributed by atoms with Crippen LogP contribution < -0.4 is 21.0 Å². The summed E-state index contributed by atoms with van der Waals surface area (Å²) in [5.74, 6) is -0.761. The van der Waals surface area contributed by atoms with Crippen LogP contribution in [0.1, 0.15) is 27.0 Å². The van der Waals surface area contributed by atoms with Gasteiger partial charge < -0.3 is 29.9 Å². The predicted octanol–water partition coefficient (Wildman–Crippen LogP) is 1.22. The Bertz CT molecular complexity index is 1290. The number of esters is 1. The molecule has 2 heterocycles. The first-order valence-corrected chi connectivity index (χ1v) is 12.9. The van der Waals surface area contributed by atoms with Crippen molar-refractivity contribution >= 4 is 19.5 Å². The fourth-order valence-electron chi connectivity index (χ4n) is 3.43. The molecule has 17 heteroatoms.